The van der Waals surface area contributed by atoms with E-state index in [4.69, 9.17) is 11.6 Å². The number of hydrogen-bond acceptors (Lipinski definition) is 2. The normalized spacial score (nSPS) is 9.25. The fraction of sp³-hybridized carbons (Fsp3) is 0. The van der Waals surface area contributed by atoms with Crippen molar-refractivity contribution in [3.8, 4) is 0 Å². The van der Waals surface area contributed by atoms with E-state index in [1.807, 2.05) is 0 Å². The van der Waals surface area contributed by atoms with Crippen LogP contribution >= 0.6 is 27.5 Å². The van der Waals surface area contributed by atoms with Crippen LogP contribution in [0.5, 0.6) is 0 Å². The molecular weight excluding hydrogens is 248 g/mol. The maximum absolute atomic E-state index is 12.7. The first-order valence-corrected chi connectivity index (χ1v) is 4.04. The molecule has 0 saturated carbocycles. The van der Waals surface area contributed by atoms with Crippen LogP contribution in [0.25, 0.3) is 0 Å². The van der Waals surface area contributed by atoms with Crippen LogP contribution in [0.4, 0.5) is 10.1 Å². The summed E-state index contributed by atoms with van der Waals surface area (Å²) in [5.74, 6) is -0.514. The maximum Gasteiger partial charge on any atom is 0.240 e. The number of halogens is 3. The maximum atomic E-state index is 12.7. The van der Waals surface area contributed by atoms with Gasteiger partial charge in [0.15, 0.2) is 0 Å². The van der Waals surface area contributed by atoms with Crippen molar-refractivity contribution in [2.24, 2.45) is 4.99 Å². The summed E-state index contributed by atoms with van der Waals surface area (Å²) in [6.07, 6.45) is 1.28. The van der Waals surface area contributed by atoms with E-state index in [0.717, 1.165) is 6.07 Å². The Hall–Kier alpha value is -0.700. The van der Waals surface area contributed by atoms with Crippen LogP contribution in [0, 0.1) is 5.82 Å². The minimum absolute atomic E-state index is 0.0681. The van der Waals surface area contributed by atoms with Gasteiger partial charge in [0, 0.05) is 10.5 Å². The lowest BCUT2D eigenvalue weighted by molar-refractivity contribution is 0.565. The lowest BCUT2D eigenvalue weighted by Gasteiger charge is -1.98. The van der Waals surface area contributed by atoms with Crippen molar-refractivity contribution in [3.05, 3.63) is 27.4 Å². The Bertz CT molecular complexity index is 363. The molecule has 0 aliphatic carbocycles. The Labute approximate surface area is 81.2 Å². The Balaban J connectivity index is 3.36. The van der Waals surface area contributed by atoms with Crippen LogP contribution in [0.15, 0.2) is 21.6 Å². The largest absolute Gasteiger partial charge is 0.240 e. The zero-order valence-corrected chi connectivity index (χ0v) is 7.99. The molecule has 1 aromatic carbocycles. The quantitative estimate of drug-likeness (QED) is 0.427. The summed E-state index contributed by atoms with van der Waals surface area (Å²) in [4.78, 5) is 13.1. The van der Waals surface area contributed by atoms with Crippen molar-refractivity contribution in [1.82, 2.24) is 0 Å². The van der Waals surface area contributed by atoms with Crippen molar-refractivity contribution in [2.45, 2.75) is 0 Å². The van der Waals surface area contributed by atoms with E-state index >= 15 is 0 Å². The number of rotatable bonds is 1. The molecule has 0 radical (unpaired) electrons. The van der Waals surface area contributed by atoms with Gasteiger partial charge in [-0.05, 0) is 22.0 Å². The molecule has 62 valence electrons. The molecule has 0 N–H and O–H groups in total. The van der Waals surface area contributed by atoms with Crippen LogP contribution in [0.1, 0.15) is 0 Å². The number of carbonyl (C=O) groups excluding carboxylic acids is 1. The first-order valence-electron chi connectivity index (χ1n) is 2.87. The molecule has 0 unspecified atom stereocenters. The summed E-state index contributed by atoms with van der Waals surface area (Å²) in [6.45, 7) is 0. The first kappa shape index (κ1) is 9.39. The van der Waals surface area contributed by atoms with Gasteiger partial charge >= 0.3 is 0 Å². The second kappa shape index (κ2) is 3.81. The third-order valence-corrected chi connectivity index (χ3v) is 2.39. The van der Waals surface area contributed by atoms with Crippen LogP contribution in [0.2, 0.25) is 5.02 Å². The minimum atomic E-state index is -0.514. The van der Waals surface area contributed by atoms with Gasteiger partial charge in [-0.3, -0.25) is 0 Å². The first-order chi connectivity index (χ1) is 5.65. The van der Waals surface area contributed by atoms with Gasteiger partial charge in [-0.25, -0.2) is 9.18 Å². The summed E-state index contributed by atoms with van der Waals surface area (Å²) in [7, 11) is 0. The van der Waals surface area contributed by atoms with E-state index in [1.54, 1.807) is 0 Å². The Morgan fingerprint density at radius 3 is 2.83 bits per heavy atom. The lowest BCUT2D eigenvalue weighted by atomic mass is 10.3. The van der Waals surface area contributed by atoms with E-state index in [1.165, 1.54) is 12.1 Å². The van der Waals surface area contributed by atoms with E-state index in [2.05, 4.69) is 20.9 Å². The SMILES string of the molecule is O=C=Nc1cc(F)cc(Br)c1Cl. The smallest absolute Gasteiger partial charge is 0.211 e. The van der Waals surface area contributed by atoms with Gasteiger partial charge in [-0.15, -0.1) is 0 Å². The number of benzene rings is 1. The fourth-order valence-corrected chi connectivity index (χ4v) is 1.25. The summed E-state index contributed by atoms with van der Waals surface area (Å²) in [5, 5.41) is 0.194. The molecule has 1 aromatic rings. The highest BCUT2D eigenvalue weighted by Gasteiger charge is 2.05. The predicted octanol–water partition coefficient (Wildman–Crippen LogP) is 3.21. The topological polar surface area (TPSA) is 29.4 Å². The van der Waals surface area contributed by atoms with Gasteiger partial charge < -0.3 is 0 Å². The third kappa shape index (κ3) is 1.91. The average molecular weight is 250 g/mol. The predicted molar refractivity (Wildman–Crippen MR) is 46.9 cm³/mol. The van der Waals surface area contributed by atoms with Crippen molar-refractivity contribution in [2.75, 3.05) is 0 Å². The van der Waals surface area contributed by atoms with Gasteiger partial charge in [0.2, 0.25) is 6.08 Å². The van der Waals surface area contributed by atoms with Gasteiger partial charge in [0.05, 0.1) is 10.7 Å². The molecule has 0 spiro atoms. The fourth-order valence-electron chi connectivity index (χ4n) is 0.673. The van der Waals surface area contributed by atoms with Crippen molar-refractivity contribution >= 4 is 39.3 Å². The highest BCUT2D eigenvalue weighted by atomic mass is 79.9. The van der Waals surface area contributed by atoms with Crippen LogP contribution in [0.3, 0.4) is 0 Å². The van der Waals surface area contributed by atoms with Crippen molar-refractivity contribution in [1.29, 1.82) is 0 Å². The lowest BCUT2D eigenvalue weighted by Crippen LogP contribution is -1.76. The van der Waals surface area contributed by atoms with E-state index in [9.17, 15) is 9.18 Å². The highest BCUT2D eigenvalue weighted by Crippen LogP contribution is 2.32. The average Bonchev–Trinajstić information content (AvgIpc) is 2.00. The van der Waals surface area contributed by atoms with Gasteiger partial charge in [0.1, 0.15) is 5.82 Å². The third-order valence-electron chi connectivity index (χ3n) is 1.14. The Morgan fingerprint density at radius 2 is 2.25 bits per heavy atom. The van der Waals surface area contributed by atoms with E-state index in [0.29, 0.717) is 4.47 Å². The number of aliphatic imine (C=N–C) groups is 1. The number of nitrogens with zero attached hydrogens (tertiary/aromatic N) is 1. The standard InChI is InChI=1S/C7H2BrClFNO/c8-5-1-4(10)2-6(7(5)9)11-3-12/h1-2H. The minimum Gasteiger partial charge on any atom is -0.211 e. The highest BCUT2D eigenvalue weighted by molar-refractivity contribution is 9.10. The van der Waals surface area contributed by atoms with Crippen LogP contribution < -0.4 is 0 Å². The Morgan fingerprint density at radius 1 is 1.58 bits per heavy atom. The summed E-state index contributed by atoms with van der Waals surface area (Å²) in [6, 6.07) is 2.24. The van der Waals surface area contributed by atoms with Gasteiger partial charge in [-0.2, -0.15) is 4.99 Å². The monoisotopic (exact) mass is 249 g/mol. The summed E-state index contributed by atoms with van der Waals surface area (Å²) < 4.78 is 13.0. The Kier molecular flexibility index (Phi) is 2.98. The zero-order valence-electron chi connectivity index (χ0n) is 5.64. The summed E-state index contributed by atoms with van der Waals surface area (Å²) >= 11 is 8.66. The molecule has 1 rings (SSSR count). The molecule has 0 saturated heterocycles. The molecule has 5 heteroatoms. The molecular formula is C7H2BrClFNO. The molecule has 0 aromatic heterocycles. The number of hydrogen-bond donors (Lipinski definition) is 0. The summed E-state index contributed by atoms with van der Waals surface area (Å²) in [5.41, 5.74) is 0.0681. The number of isocyanates is 1. The molecule has 0 aliphatic heterocycles. The second-order valence-corrected chi connectivity index (χ2v) is 3.16. The van der Waals surface area contributed by atoms with Crippen LogP contribution in [-0.4, -0.2) is 6.08 Å². The van der Waals surface area contributed by atoms with Crippen LogP contribution in [-0.2, 0) is 4.79 Å². The van der Waals surface area contributed by atoms with Gasteiger partial charge in [-0.1, -0.05) is 11.6 Å². The van der Waals surface area contributed by atoms with Crippen molar-refractivity contribution in [3.63, 3.8) is 0 Å². The molecule has 0 aliphatic rings. The molecule has 12 heavy (non-hydrogen) atoms. The van der Waals surface area contributed by atoms with E-state index < -0.39 is 5.82 Å². The molecule has 0 bridgehead atoms. The second-order valence-electron chi connectivity index (χ2n) is 1.92. The molecule has 0 fully saturated rings. The van der Waals surface area contributed by atoms with Gasteiger partial charge in [0.25, 0.3) is 0 Å². The zero-order chi connectivity index (χ0) is 9.14. The molecule has 0 heterocycles. The van der Waals surface area contributed by atoms with Crippen molar-refractivity contribution < 1.29 is 9.18 Å². The van der Waals surface area contributed by atoms with E-state index in [-0.39, 0.29) is 10.7 Å². The molecule has 2 nitrogen and oxygen atoms in total. The molecule has 0 amide bonds. The molecule has 0 atom stereocenters.